The summed E-state index contributed by atoms with van der Waals surface area (Å²) in [5, 5.41) is 6.78. The Labute approximate surface area is 204 Å². The van der Waals surface area contributed by atoms with Gasteiger partial charge in [0.25, 0.3) is 11.8 Å². The van der Waals surface area contributed by atoms with E-state index in [0.29, 0.717) is 24.5 Å². The molecule has 8 nitrogen and oxygen atoms in total. The highest BCUT2D eigenvalue weighted by Crippen LogP contribution is 2.20. The highest BCUT2D eigenvalue weighted by molar-refractivity contribution is 5.99. The van der Waals surface area contributed by atoms with Crippen molar-refractivity contribution in [3.8, 4) is 11.3 Å². The molecule has 2 aromatic heterocycles. The molecule has 1 aliphatic heterocycles. The minimum atomic E-state index is -0.540. The molecule has 1 aromatic carbocycles. The maximum atomic E-state index is 13.3. The first-order chi connectivity index (χ1) is 17.0. The second-order valence-electron chi connectivity index (χ2n) is 9.06. The van der Waals surface area contributed by atoms with Crippen LogP contribution in [0.4, 0.5) is 0 Å². The van der Waals surface area contributed by atoms with Crippen molar-refractivity contribution < 1.29 is 14.1 Å². The van der Waals surface area contributed by atoms with Crippen LogP contribution in [-0.2, 0) is 6.54 Å². The van der Waals surface area contributed by atoms with E-state index >= 15 is 0 Å². The minimum Gasteiger partial charge on any atom is -0.356 e. The van der Waals surface area contributed by atoms with Gasteiger partial charge in [-0.1, -0.05) is 55.3 Å². The Morgan fingerprint density at radius 1 is 1.06 bits per heavy atom. The molecule has 0 radical (unpaired) electrons. The molecule has 3 heterocycles. The zero-order valence-electron chi connectivity index (χ0n) is 20.3. The van der Waals surface area contributed by atoms with E-state index in [1.807, 2.05) is 44.2 Å². The molecule has 184 valence electrons. The Morgan fingerprint density at radius 3 is 2.43 bits per heavy atom. The van der Waals surface area contributed by atoms with Gasteiger partial charge in [0.05, 0.1) is 6.54 Å². The maximum absolute atomic E-state index is 13.3. The van der Waals surface area contributed by atoms with Crippen molar-refractivity contribution in [2.75, 3.05) is 13.1 Å². The smallest absolute Gasteiger partial charge is 0.259 e. The Hall–Kier alpha value is -3.68. The molecule has 35 heavy (non-hydrogen) atoms. The third kappa shape index (κ3) is 5.70. The standard InChI is InChI=1S/C27H32N4O4/c1-3-19(2)31-17-22(25(32)23(18-31)27(34)30-13-9-4-5-10-14-30)26(33)28-16-21-15-24(35-29-21)20-11-7-6-8-12-20/h6-8,11-12,15,17-19H,3-5,9-10,13-14,16H2,1-2H3,(H,28,33). The van der Waals surface area contributed by atoms with E-state index in [0.717, 1.165) is 37.7 Å². The van der Waals surface area contributed by atoms with Crippen LogP contribution in [0.15, 0.2) is 58.1 Å². The monoisotopic (exact) mass is 476 g/mol. The first-order valence-corrected chi connectivity index (χ1v) is 12.3. The quantitative estimate of drug-likeness (QED) is 0.544. The molecule has 1 atom stereocenters. The van der Waals surface area contributed by atoms with Crippen LogP contribution in [0, 0.1) is 0 Å². The maximum Gasteiger partial charge on any atom is 0.259 e. The lowest BCUT2D eigenvalue weighted by atomic mass is 10.1. The van der Waals surface area contributed by atoms with Crippen molar-refractivity contribution in [3.63, 3.8) is 0 Å². The van der Waals surface area contributed by atoms with Gasteiger partial charge in [-0.3, -0.25) is 14.4 Å². The molecule has 0 aliphatic carbocycles. The molecule has 1 unspecified atom stereocenters. The molecule has 3 aromatic rings. The fourth-order valence-electron chi connectivity index (χ4n) is 4.22. The van der Waals surface area contributed by atoms with Gasteiger partial charge >= 0.3 is 0 Å². The number of amides is 2. The zero-order chi connectivity index (χ0) is 24.8. The van der Waals surface area contributed by atoms with Crippen molar-refractivity contribution in [1.82, 2.24) is 19.9 Å². The van der Waals surface area contributed by atoms with Crippen molar-refractivity contribution >= 4 is 11.8 Å². The number of carbonyl (C=O) groups is 2. The largest absolute Gasteiger partial charge is 0.356 e. The van der Waals surface area contributed by atoms with E-state index < -0.39 is 11.3 Å². The van der Waals surface area contributed by atoms with Crippen LogP contribution in [0.1, 0.15) is 78.4 Å². The van der Waals surface area contributed by atoms with Gasteiger partial charge in [0.2, 0.25) is 5.43 Å². The lowest BCUT2D eigenvalue weighted by Gasteiger charge is -2.22. The first kappa shape index (κ1) is 24.4. The minimum absolute atomic E-state index is 0.0294. The fraction of sp³-hybridized carbons (Fsp3) is 0.407. The van der Waals surface area contributed by atoms with Gasteiger partial charge in [-0.15, -0.1) is 0 Å². The predicted octanol–water partition coefficient (Wildman–Crippen LogP) is 4.42. The molecular formula is C27H32N4O4. The number of pyridine rings is 1. The molecule has 4 rings (SSSR count). The summed E-state index contributed by atoms with van der Waals surface area (Å²) in [7, 11) is 0. The highest BCUT2D eigenvalue weighted by atomic mass is 16.5. The summed E-state index contributed by atoms with van der Waals surface area (Å²) in [5.74, 6) is -0.242. The second kappa shape index (κ2) is 11.2. The van der Waals surface area contributed by atoms with Gasteiger partial charge in [0.1, 0.15) is 16.8 Å². The Kier molecular flexibility index (Phi) is 7.80. The van der Waals surface area contributed by atoms with Gasteiger partial charge in [0.15, 0.2) is 5.76 Å². The Bertz CT molecular complexity index is 1220. The lowest BCUT2D eigenvalue weighted by Crippen LogP contribution is -2.38. The Balaban J connectivity index is 1.56. The summed E-state index contributed by atoms with van der Waals surface area (Å²) < 4.78 is 7.18. The summed E-state index contributed by atoms with van der Waals surface area (Å²) in [6.45, 7) is 5.38. The van der Waals surface area contributed by atoms with Gasteiger partial charge in [0, 0.05) is 43.2 Å². The third-order valence-corrected chi connectivity index (χ3v) is 6.56. The van der Waals surface area contributed by atoms with Crippen LogP contribution >= 0.6 is 0 Å². The number of hydrogen-bond acceptors (Lipinski definition) is 5. The Morgan fingerprint density at radius 2 is 1.74 bits per heavy atom. The van der Waals surface area contributed by atoms with E-state index in [1.165, 1.54) is 0 Å². The van der Waals surface area contributed by atoms with E-state index in [1.54, 1.807) is 27.9 Å². The average molecular weight is 477 g/mol. The van der Waals surface area contributed by atoms with Crippen molar-refractivity contribution in [2.24, 2.45) is 0 Å². The van der Waals surface area contributed by atoms with Crippen molar-refractivity contribution in [1.29, 1.82) is 0 Å². The summed E-state index contributed by atoms with van der Waals surface area (Å²) in [5.41, 5.74) is 0.886. The van der Waals surface area contributed by atoms with Crippen LogP contribution < -0.4 is 10.7 Å². The summed E-state index contributed by atoms with van der Waals surface area (Å²) >= 11 is 0. The third-order valence-electron chi connectivity index (χ3n) is 6.56. The number of benzene rings is 1. The molecule has 0 spiro atoms. The van der Waals surface area contributed by atoms with Gasteiger partial charge < -0.3 is 19.3 Å². The average Bonchev–Trinajstić information content (AvgIpc) is 3.20. The van der Waals surface area contributed by atoms with Crippen molar-refractivity contribution in [2.45, 2.75) is 58.5 Å². The molecule has 1 N–H and O–H groups in total. The van der Waals surface area contributed by atoms with E-state index in [4.69, 9.17) is 4.52 Å². The number of nitrogens with zero attached hydrogens (tertiary/aromatic N) is 3. The molecule has 0 bridgehead atoms. The SMILES string of the molecule is CCC(C)n1cc(C(=O)NCc2cc(-c3ccccc3)on2)c(=O)c(C(=O)N2CCCCCC2)c1. The predicted molar refractivity (Wildman–Crippen MR) is 133 cm³/mol. The van der Waals surface area contributed by atoms with Crippen LogP contribution in [0.5, 0.6) is 0 Å². The highest BCUT2D eigenvalue weighted by Gasteiger charge is 2.25. The number of carbonyl (C=O) groups excluding carboxylic acids is 2. The zero-order valence-corrected chi connectivity index (χ0v) is 20.3. The first-order valence-electron chi connectivity index (χ1n) is 12.3. The van der Waals surface area contributed by atoms with E-state index in [2.05, 4.69) is 10.5 Å². The fourth-order valence-corrected chi connectivity index (χ4v) is 4.22. The number of nitrogens with one attached hydrogen (secondary N) is 1. The molecule has 0 saturated carbocycles. The summed E-state index contributed by atoms with van der Waals surface area (Å²) in [6, 6.07) is 11.3. The number of likely N-dealkylation sites (tertiary alicyclic amines) is 1. The normalized spacial score (nSPS) is 14.9. The van der Waals surface area contributed by atoms with Crippen LogP contribution in [-0.4, -0.2) is 39.5 Å². The summed E-state index contributed by atoms with van der Waals surface area (Å²) in [6.07, 6.45) is 7.95. The van der Waals surface area contributed by atoms with Crippen LogP contribution in [0.2, 0.25) is 0 Å². The number of rotatable bonds is 7. The van der Waals surface area contributed by atoms with Crippen LogP contribution in [0.3, 0.4) is 0 Å². The molecular weight excluding hydrogens is 444 g/mol. The van der Waals surface area contributed by atoms with Crippen molar-refractivity contribution in [3.05, 3.63) is 75.8 Å². The number of aromatic nitrogens is 2. The van der Waals surface area contributed by atoms with Crippen LogP contribution in [0.25, 0.3) is 11.3 Å². The topological polar surface area (TPSA) is 97.4 Å². The molecule has 1 aliphatic rings. The number of hydrogen-bond donors (Lipinski definition) is 1. The van der Waals surface area contributed by atoms with E-state index in [9.17, 15) is 14.4 Å². The van der Waals surface area contributed by atoms with Gasteiger partial charge in [-0.25, -0.2) is 0 Å². The lowest BCUT2D eigenvalue weighted by molar-refractivity contribution is 0.0759. The molecule has 1 saturated heterocycles. The second-order valence-corrected chi connectivity index (χ2v) is 9.06. The molecule has 8 heteroatoms. The van der Waals surface area contributed by atoms with E-state index in [-0.39, 0.29) is 29.6 Å². The van der Waals surface area contributed by atoms with Gasteiger partial charge in [-0.2, -0.15) is 0 Å². The van der Waals surface area contributed by atoms with Gasteiger partial charge in [-0.05, 0) is 26.2 Å². The summed E-state index contributed by atoms with van der Waals surface area (Å²) in [4.78, 5) is 41.4. The molecule has 1 fully saturated rings. The molecule has 2 amide bonds.